The van der Waals surface area contributed by atoms with Gasteiger partial charge in [0.15, 0.2) is 5.69 Å². The van der Waals surface area contributed by atoms with Crippen LogP contribution in [0.25, 0.3) is 0 Å². The van der Waals surface area contributed by atoms with Gasteiger partial charge >= 0.3 is 0 Å². The summed E-state index contributed by atoms with van der Waals surface area (Å²) < 4.78 is 11.5. The molecule has 2 aromatic heterocycles. The van der Waals surface area contributed by atoms with Crippen LogP contribution < -0.4 is 10.6 Å². The highest BCUT2D eigenvalue weighted by atomic mass is 16.5. The van der Waals surface area contributed by atoms with E-state index in [1.807, 2.05) is 11.1 Å². The van der Waals surface area contributed by atoms with E-state index in [4.69, 9.17) is 14.1 Å². The number of pyridine rings is 1. The van der Waals surface area contributed by atoms with Crippen LogP contribution in [0.2, 0.25) is 0 Å². The van der Waals surface area contributed by atoms with Crippen LogP contribution in [0.4, 0.5) is 5.69 Å². The predicted octanol–water partition coefficient (Wildman–Crippen LogP) is 4.05. The molecule has 3 saturated carbocycles. The third-order valence-corrected chi connectivity index (χ3v) is 8.27. The summed E-state index contributed by atoms with van der Waals surface area (Å²) in [5, 5.41) is 15.8. The minimum atomic E-state index is -0.00203. The van der Waals surface area contributed by atoms with Gasteiger partial charge in [-0.3, -0.25) is 4.79 Å². The van der Waals surface area contributed by atoms with Gasteiger partial charge in [0.1, 0.15) is 0 Å². The van der Waals surface area contributed by atoms with Crippen molar-refractivity contribution in [3.05, 3.63) is 35.3 Å². The Morgan fingerprint density at radius 3 is 2.51 bits per heavy atom. The number of carbonyl (C=O) groups excluding carboxylic acids is 1. The fourth-order valence-corrected chi connectivity index (χ4v) is 5.68. The highest BCUT2D eigenvalue weighted by Crippen LogP contribution is 2.42. The van der Waals surface area contributed by atoms with Crippen molar-refractivity contribution in [2.24, 2.45) is 5.92 Å². The molecule has 4 aliphatic rings. The zero-order valence-corrected chi connectivity index (χ0v) is 22.3. The quantitative estimate of drug-likeness (QED) is 0.495. The number of hydrogen-bond acceptors (Lipinski definition) is 8. The van der Waals surface area contributed by atoms with Gasteiger partial charge in [0, 0.05) is 50.9 Å². The molecule has 1 saturated heterocycles. The third kappa shape index (κ3) is 5.53. The zero-order chi connectivity index (χ0) is 25.5. The lowest BCUT2D eigenvalue weighted by molar-refractivity contribution is 0.0328. The average Bonchev–Trinajstić information content (AvgIpc) is 3.82. The summed E-state index contributed by atoms with van der Waals surface area (Å²) >= 11 is 0. The van der Waals surface area contributed by atoms with Crippen molar-refractivity contribution in [2.75, 3.05) is 32.1 Å². The van der Waals surface area contributed by atoms with Gasteiger partial charge < -0.3 is 24.7 Å². The standard InChI is InChI=1S/C28H40N6O3/c1-16(2)15-34(22-8-20(12-29-14-22)27-33-32-26(37-27)18-6-7-18)28(35)25-24(31-21-10-23(11-21)36-3)9-19(13-30-25)17-4-5-17/h9,13,16-18,20-23,29,31H,4-8,10-12,14-15H2,1-3H3/t20-,21?,22?,23?/m1/s1. The monoisotopic (exact) mass is 508 g/mol. The van der Waals surface area contributed by atoms with Gasteiger partial charge in [0.2, 0.25) is 11.8 Å². The average molecular weight is 509 g/mol. The fourth-order valence-electron chi connectivity index (χ4n) is 5.68. The molecular formula is C28H40N6O3. The van der Waals surface area contributed by atoms with Gasteiger partial charge in [0.05, 0.1) is 17.7 Å². The molecule has 1 aliphatic heterocycles. The van der Waals surface area contributed by atoms with Crippen molar-refractivity contribution < 1.29 is 13.9 Å². The second-order valence-electron chi connectivity index (χ2n) is 12.0. The minimum Gasteiger partial charge on any atom is -0.425 e. The Morgan fingerprint density at radius 1 is 1.11 bits per heavy atom. The van der Waals surface area contributed by atoms with Crippen LogP contribution in [0.3, 0.4) is 0 Å². The van der Waals surface area contributed by atoms with Gasteiger partial charge in [-0.2, -0.15) is 0 Å². The highest BCUT2D eigenvalue weighted by molar-refractivity contribution is 5.98. The van der Waals surface area contributed by atoms with Crippen LogP contribution in [-0.4, -0.2) is 70.9 Å². The molecule has 9 heteroatoms. The van der Waals surface area contributed by atoms with E-state index in [0.29, 0.717) is 48.0 Å². The van der Waals surface area contributed by atoms with E-state index < -0.39 is 0 Å². The molecule has 0 aromatic carbocycles. The van der Waals surface area contributed by atoms with Gasteiger partial charge in [-0.25, -0.2) is 4.98 Å². The molecule has 200 valence electrons. The molecule has 3 aliphatic carbocycles. The van der Waals surface area contributed by atoms with Crippen LogP contribution in [0.5, 0.6) is 0 Å². The summed E-state index contributed by atoms with van der Waals surface area (Å²) in [6, 6.07) is 2.51. The van der Waals surface area contributed by atoms with Crippen LogP contribution in [0.15, 0.2) is 16.7 Å². The maximum Gasteiger partial charge on any atom is 0.274 e. The van der Waals surface area contributed by atoms with Crippen molar-refractivity contribution in [3.8, 4) is 0 Å². The smallest absolute Gasteiger partial charge is 0.274 e. The molecule has 4 fully saturated rings. The number of hydrogen-bond donors (Lipinski definition) is 2. The number of aromatic nitrogens is 3. The summed E-state index contributed by atoms with van der Waals surface area (Å²) in [5.74, 6) is 2.93. The van der Waals surface area contributed by atoms with Gasteiger partial charge in [-0.05, 0) is 68.4 Å². The molecule has 1 amide bonds. The first-order chi connectivity index (χ1) is 18.0. The van der Waals surface area contributed by atoms with Crippen LogP contribution >= 0.6 is 0 Å². The number of carbonyl (C=O) groups is 1. The number of methoxy groups -OCH3 is 1. The SMILES string of the molecule is COC1CC(Nc2cc(C3CC3)cnc2C(=O)N(CC(C)C)C2CNC[C@H](c3nnc(C4CC4)o3)C2)C1. The van der Waals surface area contributed by atoms with Crippen LogP contribution in [0, 0.1) is 5.92 Å². The number of anilines is 1. The first kappa shape index (κ1) is 24.8. The maximum atomic E-state index is 14.2. The molecule has 0 spiro atoms. The molecule has 37 heavy (non-hydrogen) atoms. The number of piperidine rings is 1. The number of rotatable bonds is 10. The number of amides is 1. The summed E-state index contributed by atoms with van der Waals surface area (Å²) in [6.07, 6.45) is 9.61. The lowest BCUT2D eigenvalue weighted by Crippen LogP contribution is -2.52. The molecule has 9 nitrogen and oxygen atoms in total. The van der Waals surface area contributed by atoms with E-state index in [9.17, 15) is 4.79 Å². The number of ether oxygens (including phenoxy) is 1. The molecule has 0 bridgehead atoms. The first-order valence-corrected chi connectivity index (χ1v) is 14.1. The Hall–Kier alpha value is -2.52. The Morgan fingerprint density at radius 2 is 1.84 bits per heavy atom. The first-order valence-electron chi connectivity index (χ1n) is 14.1. The Balaban J connectivity index is 1.23. The molecule has 2 aromatic rings. The summed E-state index contributed by atoms with van der Waals surface area (Å²) in [4.78, 5) is 21.0. The summed E-state index contributed by atoms with van der Waals surface area (Å²) in [7, 11) is 1.77. The maximum absolute atomic E-state index is 14.2. The molecular weight excluding hydrogens is 468 g/mol. The van der Waals surface area contributed by atoms with Crippen molar-refractivity contribution in [1.29, 1.82) is 0 Å². The molecule has 3 heterocycles. The predicted molar refractivity (Wildman–Crippen MR) is 140 cm³/mol. The zero-order valence-electron chi connectivity index (χ0n) is 22.3. The van der Waals surface area contributed by atoms with E-state index in [0.717, 1.165) is 56.8 Å². The molecule has 2 atom stereocenters. The number of nitrogens with zero attached hydrogens (tertiary/aromatic N) is 4. The van der Waals surface area contributed by atoms with E-state index in [-0.39, 0.29) is 17.9 Å². The number of nitrogens with one attached hydrogen (secondary N) is 2. The fraction of sp³-hybridized carbons (Fsp3) is 0.714. The van der Waals surface area contributed by atoms with Crippen LogP contribution in [-0.2, 0) is 4.74 Å². The Labute approximate surface area is 219 Å². The second-order valence-corrected chi connectivity index (χ2v) is 12.0. The largest absolute Gasteiger partial charge is 0.425 e. The highest BCUT2D eigenvalue weighted by Gasteiger charge is 2.37. The lowest BCUT2D eigenvalue weighted by atomic mass is 9.89. The normalized spacial score (nSPS) is 27.7. The van der Waals surface area contributed by atoms with Gasteiger partial charge in [-0.1, -0.05) is 13.8 Å². The van der Waals surface area contributed by atoms with Crippen molar-refractivity contribution >= 4 is 11.6 Å². The summed E-state index contributed by atoms with van der Waals surface area (Å²) in [6.45, 7) is 6.54. The van der Waals surface area contributed by atoms with E-state index in [2.05, 4.69) is 40.7 Å². The molecule has 1 unspecified atom stereocenters. The van der Waals surface area contributed by atoms with Crippen molar-refractivity contribution in [1.82, 2.24) is 25.4 Å². The van der Waals surface area contributed by atoms with Gasteiger partial charge in [-0.15, -0.1) is 10.2 Å². The van der Waals surface area contributed by atoms with E-state index in [1.54, 1.807) is 7.11 Å². The summed E-state index contributed by atoms with van der Waals surface area (Å²) in [5.41, 5.74) is 2.63. The van der Waals surface area contributed by atoms with Crippen molar-refractivity contribution in [2.45, 2.75) is 94.7 Å². The molecule has 0 radical (unpaired) electrons. The van der Waals surface area contributed by atoms with E-state index in [1.165, 1.54) is 18.4 Å². The Bertz CT molecular complexity index is 1110. The Kier molecular flexibility index (Phi) is 6.92. The van der Waals surface area contributed by atoms with Gasteiger partial charge in [0.25, 0.3) is 5.91 Å². The molecule has 2 N–H and O–H groups in total. The van der Waals surface area contributed by atoms with Crippen molar-refractivity contribution in [3.63, 3.8) is 0 Å². The van der Waals surface area contributed by atoms with Crippen LogP contribution in [0.1, 0.15) is 104 Å². The topological polar surface area (TPSA) is 105 Å². The lowest BCUT2D eigenvalue weighted by Gasteiger charge is -2.39. The molecule has 6 rings (SSSR count). The third-order valence-electron chi connectivity index (χ3n) is 8.27. The second kappa shape index (κ2) is 10.3. The minimum absolute atomic E-state index is 0.00203. The van der Waals surface area contributed by atoms with E-state index >= 15 is 0 Å².